The molecule has 0 atom stereocenters. The Morgan fingerprint density at radius 2 is 2.15 bits per heavy atom. The van der Waals surface area contributed by atoms with E-state index in [-0.39, 0.29) is 41.8 Å². The smallest absolute Gasteiger partial charge is 0.191 e. The van der Waals surface area contributed by atoms with Gasteiger partial charge in [-0.2, -0.15) is 5.26 Å². The minimum absolute atomic E-state index is 0. The van der Waals surface area contributed by atoms with Gasteiger partial charge in [0.1, 0.15) is 5.82 Å². The second-order valence-electron chi connectivity index (χ2n) is 6.56. The third-order valence-corrected chi connectivity index (χ3v) is 4.81. The highest BCUT2D eigenvalue weighted by Crippen LogP contribution is 2.43. The van der Waals surface area contributed by atoms with Crippen LogP contribution < -0.4 is 10.6 Å². The van der Waals surface area contributed by atoms with Gasteiger partial charge in [0, 0.05) is 32.4 Å². The van der Waals surface area contributed by atoms with Gasteiger partial charge in [0.05, 0.1) is 18.2 Å². The van der Waals surface area contributed by atoms with E-state index in [1.54, 1.807) is 13.2 Å². The number of nitrogens with one attached hydrogen (secondary N) is 2. The molecule has 1 aliphatic carbocycles. The molecular weight excluding hydrogens is 446 g/mol. The molecule has 1 aromatic carbocycles. The second kappa shape index (κ2) is 11.3. The van der Waals surface area contributed by atoms with Crippen molar-refractivity contribution < 1.29 is 9.13 Å². The summed E-state index contributed by atoms with van der Waals surface area (Å²) in [6.07, 6.45) is 4.68. The monoisotopic (exact) mass is 474 g/mol. The van der Waals surface area contributed by atoms with Crippen LogP contribution in [-0.2, 0) is 11.3 Å². The molecule has 0 aliphatic heterocycles. The molecule has 1 aliphatic rings. The van der Waals surface area contributed by atoms with Crippen LogP contribution in [0.15, 0.2) is 23.2 Å². The van der Waals surface area contributed by atoms with E-state index in [9.17, 15) is 4.39 Å². The van der Waals surface area contributed by atoms with Crippen molar-refractivity contribution in [2.75, 3.05) is 26.8 Å². The van der Waals surface area contributed by atoms with Gasteiger partial charge in [-0.1, -0.05) is 6.42 Å². The Labute approximate surface area is 172 Å². The van der Waals surface area contributed by atoms with E-state index >= 15 is 0 Å². The van der Waals surface area contributed by atoms with Gasteiger partial charge in [0.25, 0.3) is 0 Å². The average molecular weight is 474 g/mol. The number of benzene rings is 1. The lowest BCUT2D eigenvalue weighted by Crippen LogP contribution is -2.47. The van der Waals surface area contributed by atoms with E-state index in [0.717, 1.165) is 26.1 Å². The molecule has 0 saturated heterocycles. The number of methoxy groups -OCH3 is 1. The van der Waals surface area contributed by atoms with Gasteiger partial charge < -0.3 is 15.4 Å². The maximum absolute atomic E-state index is 13.9. The maximum Gasteiger partial charge on any atom is 0.191 e. The number of aliphatic imine (C=N–C) groups is 1. The Kier molecular flexibility index (Phi) is 9.88. The Balaban J connectivity index is 0.00000338. The van der Waals surface area contributed by atoms with Crippen LogP contribution in [0.2, 0.25) is 0 Å². The number of hydrogen-bond acceptors (Lipinski definition) is 3. The van der Waals surface area contributed by atoms with E-state index in [0.29, 0.717) is 17.1 Å². The molecular formula is C19H28FIN4O. The molecule has 0 radical (unpaired) electrons. The van der Waals surface area contributed by atoms with E-state index in [4.69, 9.17) is 10.00 Å². The van der Waals surface area contributed by atoms with Crippen molar-refractivity contribution in [3.8, 4) is 6.07 Å². The summed E-state index contributed by atoms with van der Waals surface area (Å²) in [7, 11) is 1.73. The summed E-state index contributed by atoms with van der Waals surface area (Å²) in [5, 5.41) is 15.5. The summed E-state index contributed by atoms with van der Waals surface area (Å²) in [4.78, 5) is 4.48. The fourth-order valence-electron chi connectivity index (χ4n) is 3.05. The molecule has 0 amide bonds. The summed E-state index contributed by atoms with van der Waals surface area (Å²) < 4.78 is 19.1. The standard InChI is InChI=1S/C19H27FN4O.HI/c1-3-22-18(24-14-19(7-4-8-19)9-10-25-2)23-13-16-11-15(12-21)5-6-17(16)20;/h5-6,11H,3-4,7-10,13-14H2,1-2H3,(H2,22,23,24);1H. The van der Waals surface area contributed by atoms with Crippen LogP contribution in [0.1, 0.15) is 43.7 Å². The molecule has 5 nitrogen and oxygen atoms in total. The topological polar surface area (TPSA) is 69.4 Å². The zero-order valence-corrected chi connectivity index (χ0v) is 17.8. The Morgan fingerprint density at radius 3 is 2.73 bits per heavy atom. The predicted molar refractivity (Wildman–Crippen MR) is 112 cm³/mol. The Morgan fingerprint density at radius 1 is 1.38 bits per heavy atom. The van der Waals surface area contributed by atoms with Gasteiger partial charge in [-0.15, -0.1) is 24.0 Å². The summed E-state index contributed by atoms with van der Waals surface area (Å²) in [5.74, 6) is 0.335. The molecule has 0 aromatic heterocycles. The molecule has 0 spiro atoms. The quantitative estimate of drug-likeness (QED) is 0.344. The molecule has 0 bridgehead atoms. The largest absolute Gasteiger partial charge is 0.385 e. The normalized spacial score (nSPS) is 15.4. The van der Waals surface area contributed by atoms with Crippen LogP contribution >= 0.6 is 24.0 Å². The summed E-state index contributed by atoms with van der Waals surface area (Å²) in [6.45, 7) is 4.53. The number of hydrogen-bond donors (Lipinski definition) is 2. The fraction of sp³-hybridized carbons (Fsp3) is 0.579. The molecule has 7 heteroatoms. The molecule has 1 fully saturated rings. The zero-order valence-electron chi connectivity index (χ0n) is 15.5. The first kappa shape index (κ1) is 22.6. The third kappa shape index (κ3) is 6.40. The Hall–Kier alpha value is -1.40. The Bertz CT molecular complexity index is 641. The minimum Gasteiger partial charge on any atom is -0.385 e. The minimum atomic E-state index is -0.339. The number of nitriles is 1. The van der Waals surface area contributed by atoms with Gasteiger partial charge in [0.15, 0.2) is 5.96 Å². The predicted octanol–water partition coefficient (Wildman–Crippen LogP) is 3.58. The molecule has 0 unspecified atom stereocenters. The van der Waals surface area contributed by atoms with Crippen LogP contribution in [0, 0.1) is 22.6 Å². The van der Waals surface area contributed by atoms with Gasteiger partial charge in [-0.25, -0.2) is 9.38 Å². The van der Waals surface area contributed by atoms with Crippen LogP contribution in [-0.4, -0.2) is 32.8 Å². The molecule has 144 valence electrons. The second-order valence-corrected chi connectivity index (χ2v) is 6.56. The van der Waals surface area contributed by atoms with E-state index in [1.165, 1.54) is 31.4 Å². The average Bonchev–Trinajstić information content (AvgIpc) is 2.59. The first-order valence-electron chi connectivity index (χ1n) is 8.82. The van der Waals surface area contributed by atoms with Gasteiger partial charge in [-0.05, 0) is 49.8 Å². The number of nitrogens with zero attached hydrogens (tertiary/aromatic N) is 2. The molecule has 1 saturated carbocycles. The lowest BCUT2D eigenvalue weighted by molar-refractivity contribution is 0.0732. The fourth-order valence-corrected chi connectivity index (χ4v) is 3.05. The highest BCUT2D eigenvalue weighted by Gasteiger charge is 2.36. The van der Waals surface area contributed by atoms with Gasteiger partial charge in [-0.3, -0.25) is 0 Å². The number of guanidine groups is 1. The zero-order chi connectivity index (χ0) is 18.1. The van der Waals surface area contributed by atoms with Crippen LogP contribution in [0.25, 0.3) is 0 Å². The van der Waals surface area contributed by atoms with Crippen molar-refractivity contribution in [2.45, 2.75) is 39.2 Å². The lowest BCUT2D eigenvalue weighted by atomic mass is 9.67. The summed E-state index contributed by atoms with van der Waals surface area (Å²) >= 11 is 0. The maximum atomic E-state index is 13.9. The SMILES string of the molecule is CCNC(=NCc1cc(C#N)ccc1F)NCC1(CCOC)CCC1.I. The third-order valence-electron chi connectivity index (χ3n) is 4.81. The highest BCUT2D eigenvalue weighted by atomic mass is 127. The number of halogens is 2. The number of rotatable bonds is 8. The first-order chi connectivity index (χ1) is 12.1. The molecule has 2 N–H and O–H groups in total. The van der Waals surface area contributed by atoms with Crippen molar-refractivity contribution in [3.05, 3.63) is 35.1 Å². The molecule has 0 heterocycles. The van der Waals surface area contributed by atoms with E-state index in [2.05, 4.69) is 15.6 Å². The van der Waals surface area contributed by atoms with Crippen LogP contribution in [0.4, 0.5) is 4.39 Å². The first-order valence-corrected chi connectivity index (χ1v) is 8.82. The van der Waals surface area contributed by atoms with Crippen molar-refractivity contribution >= 4 is 29.9 Å². The summed E-state index contributed by atoms with van der Waals surface area (Å²) in [5.41, 5.74) is 1.14. The van der Waals surface area contributed by atoms with Crippen molar-refractivity contribution in [2.24, 2.45) is 10.4 Å². The summed E-state index contributed by atoms with van der Waals surface area (Å²) in [6, 6.07) is 6.37. The molecule has 26 heavy (non-hydrogen) atoms. The molecule has 1 aromatic rings. The van der Waals surface area contributed by atoms with E-state index in [1.807, 2.05) is 13.0 Å². The molecule has 2 rings (SSSR count). The van der Waals surface area contributed by atoms with E-state index < -0.39 is 0 Å². The van der Waals surface area contributed by atoms with Crippen molar-refractivity contribution in [3.63, 3.8) is 0 Å². The highest BCUT2D eigenvalue weighted by molar-refractivity contribution is 14.0. The van der Waals surface area contributed by atoms with Crippen LogP contribution in [0.3, 0.4) is 0 Å². The number of ether oxygens (including phenoxy) is 1. The van der Waals surface area contributed by atoms with Crippen LogP contribution in [0.5, 0.6) is 0 Å². The van der Waals surface area contributed by atoms with Gasteiger partial charge >= 0.3 is 0 Å². The lowest BCUT2D eigenvalue weighted by Gasteiger charge is -2.42. The van der Waals surface area contributed by atoms with Crippen molar-refractivity contribution in [1.29, 1.82) is 5.26 Å². The van der Waals surface area contributed by atoms with Gasteiger partial charge in [0.2, 0.25) is 0 Å². The van der Waals surface area contributed by atoms with Crippen molar-refractivity contribution in [1.82, 2.24) is 10.6 Å².